The molecule has 4 rings (SSSR count). The lowest BCUT2D eigenvalue weighted by Gasteiger charge is -2.54. The van der Waals surface area contributed by atoms with E-state index in [2.05, 4.69) is 19.1 Å². The molecule has 3 fully saturated rings. The predicted molar refractivity (Wildman–Crippen MR) is 126 cm³/mol. The predicted octanol–water partition coefficient (Wildman–Crippen LogP) is 7.38. The van der Waals surface area contributed by atoms with Gasteiger partial charge in [0.25, 0.3) is 0 Å². The number of fused-ring (bicyclic) bond motifs is 3. The quantitative estimate of drug-likeness (QED) is 0.207. The number of aryl methyl sites for hydroxylation is 1. The van der Waals surface area contributed by atoms with Crippen LogP contribution in [0.15, 0.2) is 12.1 Å². The number of carbonyl (C=O) groups excluding carboxylic acids is 1. The summed E-state index contributed by atoms with van der Waals surface area (Å²) in [5.41, 5.74) is 2.50. The Morgan fingerprint density at radius 1 is 0.875 bits per heavy atom. The Morgan fingerprint density at radius 2 is 1.47 bits per heavy atom. The molecule has 1 aromatic rings. The van der Waals surface area contributed by atoms with Crippen LogP contribution in [0, 0.1) is 33.5 Å². The average Bonchev–Trinajstić information content (AvgIpc) is 2.83. The highest BCUT2D eigenvalue weighted by Crippen LogP contribution is 2.60. The standard InChI is InChI=1S/C28H38N2O2/c1-3-5-7-12-27-14-17-28(18-15-27,19-16-27)13-11-22-9-10-25(24(21-30)23(22)20-29)32-26(31)8-6-4-2/h9-10H,3-8,11-19H2,1-2H3. The molecule has 1 aromatic carbocycles. The fraction of sp³-hybridized carbons (Fsp3) is 0.679. The van der Waals surface area contributed by atoms with Crippen LogP contribution in [-0.4, -0.2) is 5.97 Å². The number of hydrogen-bond acceptors (Lipinski definition) is 4. The first-order chi connectivity index (χ1) is 15.5. The van der Waals surface area contributed by atoms with Gasteiger partial charge in [0, 0.05) is 6.42 Å². The number of unbranched alkanes of at least 4 members (excludes halogenated alkanes) is 3. The minimum Gasteiger partial charge on any atom is -0.425 e. The number of carbonyl (C=O) groups is 1. The van der Waals surface area contributed by atoms with E-state index in [1.54, 1.807) is 6.07 Å². The smallest absolute Gasteiger partial charge is 0.311 e. The SMILES string of the molecule is CCCCCC12CCC(CCc3ccc(OC(=O)CCCC)c(C#N)c3C#N)(CC1)CC2. The molecular weight excluding hydrogens is 396 g/mol. The van der Waals surface area contributed by atoms with Crippen molar-refractivity contribution in [3.63, 3.8) is 0 Å². The van der Waals surface area contributed by atoms with Crippen LogP contribution >= 0.6 is 0 Å². The lowest BCUT2D eigenvalue weighted by molar-refractivity contribution is -0.134. The Balaban J connectivity index is 1.65. The molecule has 0 atom stereocenters. The summed E-state index contributed by atoms with van der Waals surface area (Å²) in [6.07, 6.45) is 17.3. The van der Waals surface area contributed by atoms with Crippen LogP contribution in [0.25, 0.3) is 0 Å². The largest absolute Gasteiger partial charge is 0.425 e. The zero-order chi connectivity index (χ0) is 23.0. The van der Waals surface area contributed by atoms with E-state index in [0.717, 1.165) is 31.2 Å². The second-order valence-corrected chi connectivity index (χ2v) is 10.2. The molecule has 172 valence electrons. The third-order valence-electron chi connectivity index (χ3n) is 8.23. The van der Waals surface area contributed by atoms with Gasteiger partial charge < -0.3 is 4.74 Å². The van der Waals surface area contributed by atoms with Crippen molar-refractivity contribution in [2.45, 2.75) is 110 Å². The van der Waals surface area contributed by atoms with Crippen LogP contribution in [-0.2, 0) is 11.2 Å². The molecule has 0 heterocycles. The first-order valence-electron chi connectivity index (χ1n) is 12.7. The highest BCUT2D eigenvalue weighted by Gasteiger charge is 2.47. The van der Waals surface area contributed by atoms with Crippen LogP contribution in [0.1, 0.15) is 120 Å². The monoisotopic (exact) mass is 434 g/mol. The van der Waals surface area contributed by atoms with Gasteiger partial charge in [-0.1, -0.05) is 45.6 Å². The van der Waals surface area contributed by atoms with E-state index in [-0.39, 0.29) is 17.3 Å². The topological polar surface area (TPSA) is 73.9 Å². The van der Waals surface area contributed by atoms with E-state index in [9.17, 15) is 15.3 Å². The van der Waals surface area contributed by atoms with Crippen molar-refractivity contribution in [2.75, 3.05) is 0 Å². The van der Waals surface area contributed by atoms with Gasteiger partial charge >= 0.3 is 5.97 Å². The van der Waals surface area contributed by atoms with Crippen molar-refractivity contribution in [3.05, 3.63) is 28.8 Å². The molecule has 0 spiro atoms. The third-order valence-corrected chi connectivity index (χ3v) is 8.23. The van der Waals surface area contributed by atoms with Gasteiger partial charge in [-0.25, -0.2) is 0 Å². The summed E-state index contributed by atoms with van der Waals surface area (Å²) in [5.74, 6) is -0.120. The number of nitriles is 2. The van der Waals surface area contributed by atoms with E-state index in [1.165, 1.54) is 64.2 Å². The van der Waals surface area contributed by atoms with Crippen molar-refractivity contribution in [1.29, 1.82) is 10.5 Å². The maximum atomic E-state index is 12.0. The van der Waals surface area contributed by atoms with Gasteiger partial charge in [0.05, 0.1) is 5.56 Å². The third kappa shape index (κ3) is 5.53. The van der Waals surface area contributed by atoms with E-state index < -0.39 is 0 Å². The molecule has 4 nitrogen and oxygen atoms in total. The lowest BCUT2D eigenvalue weighted by Crippen LogP contribution is -2.41. The minimum atomic E-state index is -0.342. The van der Waals surface area contributed by atoms with Crippen LogP contribution < -0.4 is 4.74 Å². The van der Waals surface area contributed by atoms with Crippen LogP contribution in [0.4, 0.5) is 0 Å². The Kier molecular flexibility index (Phi) is 8.36. The summed E-state index contributed by atoms with van der Waals surface area (Å²) in [7, 11) is 0. The Bertz CT molecular complexity index is 865. The summed E-state index contributed by atoms with van der Waals surface area (Å²) in [4.78, 5) is 12.0. The molecule has 3 aliphatic rings. The molecule has 4 heteroatoms. The molecule has 2 bridgehead atoms. The van der Waals surface area contributed by atoms with E-state index in [1.807, 2.05) is 13.0 Å². The van der Waals surface area contributed by atoms with Gasteiger partial charge in [-0.15, -0.1) is 0 Å². The summed E-state index contributed by atoms with van der Waals surface area (Å²) in [6, 6.07) is 7.93. The molecule has 0 aromatic heterocycles. The first-order valence-corrected chi connectivity index (χ1v) is 12.7. The fourth-order valence-electron chi connectivity index (χ4n) is 5.89. The number of rotatable bonds is 11. The van der Waals surface area contributed by atoms with Crippen molar-refractivity contribution < 1.29 is 9.53 Å². The fourth-order valence-corrected chi connectivity index (χ4v) is 5.89. The van der Waals surface area contributed by atoms with Crippen molar-refractivity contribution in [3.8, 4) is 17.9 Å². The number of benzene rings is 1. The summed E-state index contributed by atoms with van der Waals surface area (Å²) in [6.45, 7) is 4.29. The van der Waals surface area contributed by atoms with Gasteiger partial charge in [0.15, 0.2) is 0 Å². The van der Waals surface area contributed by atoms with Gasteiger partial charge in [-0.2, -0.15) is 10.5 Å². The number of ether oxygens (including phenoxy) is 1. The van der Waals surface area contributed by atoms with Crippen molar-refractivity contribution >= 4 is 5.97 Å². The number of hydrogen-bond donors (Lipinski definition) is 0. The molecule has 32 heavy (non-hydrogen) atoms. The van der Waals surface area contributed by atoms with Crippen LogP contribution in [0.5, 0.6) is 5.75 Å². The first kappa shape index (κ1) is 24.3. The summed E-state index contributed by atoms with van der Waals surface area (Å²) < 4.78 is 5.42. The van der Waals surface area contributed by atoms with Gasteiger partial charge in [-0.3, -0.25) is 4.79 Å². The Labute approximate surface area is 194 Å². The normalized spacial score (nSPS) is 24.0. The van der Waals surface area contributed by atoms with E-state index >= 15 is 0 Å². The zero-order valence-corrected chi connectivity index (χ0v) is 20.0. The molecule has 0 aliphatic heterocycles. The molecular formula is C28H38N2O2. The van der Waals surface area contributed by atoms with Crippen LogP contribution in [0.3, 0.4) is 0 Å². The second kappa shape index (κ2) is 11.0. The average molecular weight is 435 g/mol. The van der Waals surface area contributed by atoms with Crippen molar-refractivity contribution in [2.24, 2.45) is 10.8 Å². The Hall–Kier alpha value is -2.33. The summed E-state index contributed by atoms with van der Waals surface area (Å²) in [5, 5.41) is 19.5. The Morgan fingerprint density at radius 3 is 2.03 bits per heavy atom. The molecule has 0 N–H and O–H groups in total. The molecule has 0 saturated heterocycles. The molecule has 0 amide bonds. The maximum Gasteiger partial charge on any atom is 0.311 e. The number of nitrogens with zero attached hydrogens (tertiary/aromatic N) is 2. The summed E-state index contributed by atoms with van der Waals surface area (Å²) >= 11 is 0. The highest BCUT2D eigenvalue weighted by molar-refractivity contribution is 5.74. The zero-order valence-electron chi connectivity index (χ0n) is 20.0. The molecule has 3 aliphatic carbocycles. The lowest BCUT2D eigenvalue weighted by atomic mass is 9.51. The number of esters is 1. The second-order valence-electron chi connectivity index (χ2n) is 10.2. The maximum absolute atomic E-state index is 12.0. The molecule has 0 unspecified atom stereocenters. The van der Waals surface area contributed by atoms with Gasteiger partial charge in [0.1, 0.15) is 23.5 Å². The van der Waals surface area contributed by atoms with Gasteiger partial charge in [0.2, 0.25) is 0 Å². The molecule has 0 radical (unpaired) electrons. The molecule has 3 saturated carbocycles. The minimum absolute atomic E-state index is 0.203. The van der Waals surface area contributed by atoms with Crippen molar-refractivity contribution in [1.82, 2.24) is 0 Å². The van der Waals surface area contributed by atoms with E-state index in [4.69, 9.17) is 4.74 Å². The van der Waals surface area contributed by atoms with Gasteiger partial charge in [-0.05, 0) is 86.7 Å². The highest BCUT2D eigenvalue weighted by atomic mass is 16.5. The van der Waals surface area contributed by atoms with Crippen LogP contribution in [0.2, 0.25) is 0 Å². The van der Waals surface area contributed by atoms with E-state index in [0.29, 0.717) is 22.8 Å².